The molecule has 0 saturated heterocycles. The Labute approximate surface area is 398 Å². The molecule has 0 aliphatic carbocycles. The summed E-state index contributed by atoms with van der Waals surface area (Å²) in [5.41, 5.74) is 0. The van der Waals surface area contributed by atoms with Crippen LogP contribution in [0.4, 0.5) is 4.79 Å². The molecule has 1 N–H and O–H groups in total. The van der Waals surface area contributed by atoms with Crippen LogP contribution < -0.4 is 5.32 Å². The van der Waals surface area contributed by atoms with Gasteiger partial charge >= 0.3 is 91.7 Å². The van der Waals surface area contributed by atoms with Gasteiger partial charge in [-0.05, 0) is 182 Å². The minimum absolute atomic E-state index is 0.182. The first-order valence-electron chi connectivity index (χ1n) is 22.6. The highest BCUT2D eigenvalue weighted by atomic mass is 28.5. The molecule has 1 amide bonds. The van der Waals surface area contributed by atoms with Crippen LogP contribution in [0.1, 0.15) is 26.2 Å². The van der Waals surface area contributed by atoms with Crippen molar-refractivity contribution in [2.45, 2.75) is 195 Å². The van der Waals surface area contributed by atoms with Gasteiger partial charge in [0.2, 0.25) is 0 Å². The van der Waals surface area contributed by atoms with Crippen LogP contribution in [0, 0.1) is 0 Å². The number of amides is 1. The van der Waals surface area contributed by atoms with E-state index < -0.39 is 108 Å². The molecular weight excluding hydrogens is 1010 g/mol. The Hall–Kier alpha value is 1.13. The monoisotopic (exact) mass is 1100 g/mol. The fourth-order valence-electron chi connectivity index (χ4n) is 8.59. The Bertz CT molecular complexity index is 1420. The lowest BCUT2D eigenvalue weighted by Gasteiger charge is -2.45. The Morgan fingerprint density at radius 2 is 0.651 bits per heavy atom. The highest BCUT2D eigenvalue weighted by Crippen LogP contribution is 2.32. The third-order valence-corrected chi connectivity index (χ3v) is 55.2. The van der Waals surface area contributed by atoms with Crippen LogP contribution in [0.3, 0.4) is 0 Å². The minimum atomic E-state index is -2.77. The summed E-state index contributed by atoms with van der Waals surface area (Å²) in [6.45, 7) is 57.4. The van der Waals surface area contributed by atoms with Crippen molar-refractivity contribution in [3.8, 4) is 0 Å². The summed E-state index contributed by atoms with van der Waals surface area (Å²) in [7, 11) is -30.7. The molecule has 27 heteroatoms. The first-order chi connectivity index (χ1) is 27.8. The van der Waals surface area contributed by atoms with E-state index in [1.165, 1.54) is 19.0 Å². The summed E-state index contributed by atoms with van der Waals surface area (Å²) >= 11 is 0. The average Bonchev–Trinajstić information content (AvgIpc) is 2.92. The molecule has 0 bridgehead atoms. The molecule has 0 fully saturated rings. The number of unbranched alkanes of at least 4 members (excludes halogenated alkanes) is 1. The number of alkyl carbamates (subject to hydrolysis) is 1. The second kappa shape index (κ2) is 24.8. The quantitative estimate of drug-likeness (QED) is 0.0491. The molecule has 0 heterocycles. The average molecular weight is 1100 g/mol. The van der Waals surface area contributed by atoms with E-state index in [1.54, 1.807) is 0 Å². The maximum Gasteiger partial charge on any atom is 0.411 e. The largest absolute Gasteiger partial charge is 0.447 e. The third-order valence-electron chi connectivity index (χ3n) is 8.35. The van der Waals surface area contributed by atoms with Crippen LogP contribution in [0.5, 0.6) is 0 Å². The lowest BCUT2D eigenvalue weighted by atomic mass is 10.4. The minimum Gasteiger partial charge on any atom is -0.447 e. The third kappa shape index (κ3) is 31.8. The Morgan fingerprint density at radius 3 is 0.905 bits per heavy atom. The summed E-state index contributed by atoms with van der Waals surface area (Å²) < 4.78 is 85.7. The Morgan fingerprint density at radius 1 is 0.397 bits per heavy atom. The number of carbonyl (C=O) groups excluding carboxylic acids is 1. The van der Waals surface area contributed by atoms with Crippen molar-refractivity contribution >= 4 is 108 Å². The Balaban J connectivity index is 5.42. The zero-order valence-corrected chi connectivity index (χ0v) is 56.7. The molecule has 0 spiro atoms. The van der Waals surface area contributed by atoms with Gasteiger partial charge < -0.3 is 54.7 Å². The van der Waals surface area contributed by atoms with Crippen LogP contribution in [0.15, 0.2) is 12.8 Å². The molecule has 63 heavy (non-hydrogen) atoms. The molecule has 0 aliphatic rings. The normalized spacial score (nSPS) is 14.9. The van der Waals surface area contributed by atoms with Gasteiger partial charge in [-0.15, -0.1) is 0 Å². The standard InChI is InChI=1S/C36H95NO14Si12/c1-27-29-34-52(3,4)41-54(7,8)43-56(11,12)45-58(15,16)47-60(19,20)49-62(23,24)51-63(25,26)50-61(21,22)48-59(17,18)46-57(13,14)44-55(9,10)42-53(5,6)35-30-31-39-32-33-40-36(38)37-28-2/h28H,2,27,29-35H2,1,3-26H3,(H,37,38). The molecule has 0 aromatic rings. The second-order valence-electron chi connectivity index (χ2n) is 21.9. The lowest BCUT2D eigenvalue weighted by Crippen LogP contribution is -2.62. The van der Waals surface area contributed by atoms with E-state index in [1.807, 2.05) is 0 Å². The summed E-state index contributed by atoms with van der Waals surface area (Å²) in [5.74, 6) is 0. The fourth-order valence-corrected chi connectivity index (χ4v) is 70.3. The molecule has 376 valence electrons. The number of hydrogen-bond acceptors (Lipinski definition) is 14. The number of carbonyl (C=O) groups is 1. The van der Waals surface area contributed by atoms with Crippen molar-refractivity contribution in [1.82, 2.24) is 5.32 Å². The number of rotatable bonds is 33. The zero-order valence-electron chi connectivity index (χ0n) is 44.7. The zero-order chi connectivity index (χ0) is 49.8. The molecule has 0 radical (unpaired) electrons. The lowest BCUT2D eigenvalue weighted by molar-refractivity contribution is 0.0742. The first kappa shape index (κ1) is 64.1. The van der Waals surface area contributed by atoms with Crippen LogP contribution in [0.2, 0.25) is 169 Å². The maximum atomic E-state index is 11.4. The van der Waals surface area contributed by atoms with Gasteiger partial charge in [-0.25, -0.2) is 4.79 Å². The van der Waals surface area contributed by atoms with Gasteiger partial charge in [0.25, 0.3) is 0 Å². The molecule has 0 unspecified atom stereocenters. The van der Waals surface area contributed by atoms with E-state index in [-0.39, 0.29) is 6.61 Å². The predicted octanol–water partition coefficient (Wildman–Crippen LogP) is 11.7. The van der Waals surface area contributed by atoms with E-state index in [4.69, 9.17) is 54.7 Å². The van der Waals surface area contributed by atoms with E-state index in [2.05, 4.69) is 176 Å². The summed E-state index contributed by atoms with van der Waals surface area (Å²) in [5, 5.41) is 2.37. The molecule has 0 aliphatic heterocycles. The molecular formula is C36H95NO14Si12. The van der Waals surface area contributed by atoms with Crippen molar-refractivity contribution in [3.05, 3.63) is 12.8 Å². The molecule has 0 rings (SSSR count). The summed E-state index contributed by atoms with van der Waals surface area (Å²) in [4.78, 5) is 11.4. The van der Waals surface area contributed by atoms with E-state index in [0.29, 0.717) is 13.2 Å². The van der Waals surface area contributed by atoms with Gasteiger partial charge in [-0.1, -0.05) is 26.3 Å². The summed E-state index contributed by atoms with van der Waals surface area (Å²) in [6.07, 6.45) is 3.93. The van der Waals surface area contributed by atoms with Gasteiger partial charge in [0.15, 0.2) is 16.6 Å². The van der Waals surface area contributed by atoms with Gasteiger partial charge in [0, 0.05) is 6.61 Å². The summed E-state index contributed by atoms with van der Waals surface area (Å²) in [6, 6.07) is 2.04. The first-order valence-corrected chi connectivity index (χ1v) is 57.0. The van der Waals surface area contributed by atoms with Crippen molar-refractivity contribution in [2.75, 3.05) is 19.8 Å². The molecule has 15 nitrogen and oxygen atoms in total. The van der Waals surface area contributed by atoms with E-state index >= 15 is 0 Å². The highest BCUT2D eigenvalue weighted by Gasteiger charge is 2.51. The van der Waals surface area contributed by atoms with Crippen molar-refractivity contribution in [2.24, 2.45) is 0 Å². The van der Waals surface area contributed by atoms with Crippen molar-refractivity contribution < 1.29 is 59.5 Å². The topological polar surface area (TPSA) is 149 Å². The molecule has 0 aromatic carbocycles. The molecule has 0 aromatic heterocycles. The van der Waals surface area contributed by atoms with Gasteiger partial charge in [0.1, 0.15) is 6.61 Å². The number of ether oxygens (including phenoxy) is 2. The Kier molecular flexibility index (Phi) is 25.2. The van der Waals surface area contributed by atoms with Crippen molar-refractivity contribution in [1.29, 1.82) is 0 Å². The van der Waals surface area contributed by atoms with Crippen LogP contribution >= 0.6 is 0 Å². The van der Waals surface area contributed by atoms with Crippen LogP contribution in [-0.4, -0.2) is 128 Å². The van der Waals surface area contributed by atoms with Gasteiger partial charge in [-0.3, -0.25) is 5.32 Å². The second-order valence-corrected chi connectivity index (χ2v) is 67.0. The fraction of sp³-hybridized carbons (Fsp3) is 0.917. The van der Waals surface area contributed by atoms with Crippen LogP contribution in [-0.2, 0) is 54.7 Å². The SMILES string of the molecule is C=CNC(=O)OCCOCCC[Si](C)(C)O[Si](C)(C)O[Si](C)(C)O[Si](C)(C)O[Si](C)(C)O[Si](C)(C)O[Si](C)(C)O[Si](C)(C)O[Si](C)(C)O[Si](C)(C)O[Si](C)(C)O[Si](C)(C)CCCC. The number of hydrogen-bond donors (Lipinski definition) is 1. The maximum absolute atomic E-state index is 11.4. The number of nitrogens with one attached hydrogen (secondary N) is 1. The predicted molar refractivity (Wildman–Crippen MR) is 286 cm³/mol. The van der Waals surface area contributed by atoms with Crippen LogP contribution in [0.25, 0.3) is 0 Å². The van der Waals surface area contributed by atoms with E-state index in [9.17, 15) is 4.79 Å². The smallest absolute Gasteiger partial charge is 0.411 e. The molecule has 0 atom stereocenters. The van der Waals surface area contributed by atoms with Gasteiger partial charge in [0.05, 0.1) is 6.61 Å². The van der Waals surface area contributed by atoms with Gasteiger partial charge in [-0.2, -0.15) is 0 Å². The van der Waals surface area contributed by atoms with E-state index in [0.717, 1.165) is 18.5 Å². The van der Waals surface area contributed by atoms with Crippen molar-refractivity contribution in [3.63, 3.8) is 0 Å². The highest BCUT2D eigenvalue weighted by molar-refractivity contribution is 6.94. The molecule has 0 saturated carbocycles.